The summed E-state index contributed by atoms with van der Waals surface area (Å²) in [5, 5.41) is 17.6. The summed E-state index contributed by atoms with van der Waals surface area (Å²) >= 11 is 0. The van der Waals surface area contributed by atoms with Crippen LogP contribution in [0.25, 0.3) is 0 Å². The number of ether oxygens (including phenoxy) is 2. The smallest absolute Gasteiger partial charge is 0.258 e. The molecule has 166 valence electrons. The van der Waals surface area contributed by atoms with E-state index >= 15 is 0 Å². The molecule has 6 heteroatoms. The lowest BCUT2D eigenvalue weighted by Gasteiger charge is -2.60. The van der Waals surface area contributed by atoms with Crippen LogP contribution in [0.5, 0.6) is 11.5 Å². The minimum atomic E-state index is -0.458. The van der Waals surface area contributed by atoms with E-state index < -0.39 is 5.60 Å². The van der Waals surface area contributed by atoms with Gasteiger partial charge in [0, 0.05) is 17.6 Å². The lowest BCUT2D eigenvalue weighted by atomic mass is 9.51. The van der Waals surface area contributed by atoms with Crippen LogP contribution in [0.1, 0.15) is 64.9 Å². The first kappa shape index (κ1) is 21.4. The number of methoxy groups -OCH3 is 1. The highest BCUT2D eigenvalue weighted by molar-refractivity contribution is 5.78. The van der Waals surface area contributed by atoms with Crippen molar-refractivity contribution in [2.24, 2.45) is 11.8 Å². The average Bonchev–Trinajstić information content (AvgIpc) is 2.61. The van der Waals surface area contributed by atoms with Gasteiger partial charge in [-0.1, -0.05) is 6.07 Å². The van der Waals surface area contributed by atoms with E-state index in [1.54, 1.807) is 7.11 Å². The number of amides is 1. The van der Waals surface area contributed by atoms with E-state index in [-0.39, 0.29) is 23.6 Å². The highest BCUT2D eigenvalue weighted by Gasteiger charge is 2.56. The normalized spacial score (nSPS) is 32.2. The van der Waals surface area contributed by atoms with Gasteiger partial charge in [0.05, 0.1) is 12.7 Å². The summed E-state index contributed by atoms with van der Waals surface area (Å²) in [6.45, 7) is 6.51. The Bertz CT molecular complexity index is 787. The van der Waals surface area contributed by atoms with Crippen molar-refractivity contribution in [1.29, 1.82) is 0 Å². The van der Waals surface area contributed by atoms with Crippen molar-refractivity contribution >= 4 is 5.91 Å². The number of benzene rings is 1. The summed E-state index contributed by atoms with van der Waals surface area (Å²) in [5.41, 5.74) is 0.428. The molecule has 0 radical (unpaired) electrons. The van der Waals surface area contributed by atoms with Crippen LogP contribution in [0, 0.1) is 11.8 Å². The molecule has 4 aliphatic carbocycles. The summed E-state index contributed by atoms with van der Waals surface area (Å²) in [7, 11) is 1.61. The summed E-state index contributed by atoms with van der Waals surface area (Å²) in [5.74, 6) is 2.35. The number of carbonyl (C=O) groups is 1. The molecule has 0 aliphatic heterocycles. The SMILES string of the molecule is COc1cc(CNC23CC4CC(CC(O)(C4)C2)C3)ccc1OCC(=O)NC(C)(C)C. The Kier molecular flexibility index (Phi) is 5.52. The van der Waals surface area contributed by atoms with Crippen molar-refractivity contribution in [2.45, 2.75) is 82.5 Å². The van der Waals surface area contributed by atoms with Crippen LogP contribution in [0.15, 0.2) is 18.2 Å². The Morgan fingerprint density at radius 2 is 1.87 bits per heavy atom. The molecule has 1 aromatic carbocycles. The van der Waals surface area contributed by atoms with Gasteiger partial charge in [0.15, 0.2) is 18.1 Å². The maximum atomic E-state index is 12.0. The second kappa shape index (κ2) is 7.72. The van der Waals surface area contributed by atoms with Gasteiger partial charge in [0.1, 0.15) is 0 Å². The van der Waals surface area contributed by atoms with E-state index in [1.165, 1.54) is 19.3 Å². The van der Waals surface area contributed by atoms with Crippen molar-refractivity contribution in [3.63, 3.8) is 0 Å². The first-order chi connectivity index (χ1) is 14.1. The zero-order valence-electron chi connectivity index (χ0n) is 18.7. The van der Waals surface area contributed by atoms with Gasteiger partial charge in [-0.25, -0.2) is 0 Å². The number of hydrogen-bond acceptors (Lipinski definition) is 5. The fraction of sp³-hybridized carbons (Fsp3) is 0.708. The predicted molar refractivity (Wildman–Crippen MR) is 116 cm³/mol. The molecule has 5 rings (SSSR count). The lowest BCUT2D eigenvalue weighted by molar-refractivity contribution is -0.142. The summed E-state index contributed by atoms with van der Waals surface area (Å²) in [6.07, 6.45) is 6.47. The van der Waals surface area contributed by atoms with Crippen molar-refractivity contribution in [3.05, 3.63) is 23.8 Å². The first-order valence-electron chi connectivity index (χ1n) is 11.2. The van der Waals surface area contributed by atoms with Crippen LogP contribution in [-0.2, 0) is 11.3 Å². The molecule has 1 amide bonds. The third-order valence-corrected chi connectivity index (χ3v) is 6.80. The summed E-state index contributed by atoms with van der Waals surface area (Å²) < 4.78 is 11.2. The molecule has 3 N–H and O–H groups in total. The zero-order valence-corrected chi connectivity index (χ0v) is 18.7. The molecule has 4 fully saturated rings. The highest BCUT2D eigenvalue weighted by Crippen LogP contribution is 2.57. The molecule has 0 saturated heterocycles. The topological polar surface area (TPSA) is 79.8 Å². The molecule has 2 atom stereocenters. The van der Waals surface area contributed by atoms with E-state index in [0.717, 1.165) is 31.4 Å². The van der Waals surface area contributed by atoms with E-state index in [2.05, 4.69) is 10.6 Å². The van der Waals surface area contributed by atoms with Crippen LogP contribution >= 0.6 is 0 Å². The molecule has 1 aromatic rings. The third kappa shape index (κ3) is 4.75. The van der Waals surface area contributed by atoms with Gasteiger partial charge in [-0.05, 0) is 88.8 Å². The number of nitrogens with one attached hydrogen (secondary N) is 2. The molecule has 4 bridgehead atoms. The fourth-order valence-electron chi connectivity index (χ4n) is 6.25. The number of rotatable bonds is 7. The van der Waals surface area contributed by atoms with E-state index in [1.807, 2.05) is 39.0 Å². The van der Waals surface area contributed by atoms with Crippen molar-refractivity contribution < 1.29 is 19.4 Å². The van der Waals surface area contributed by atoms with Gasteiger partial charge in [0.2, 0.25) is 0 Å². The standard InChI is InChI=1S/C24H36N2O4/c1-22(2,3)26-21(27)14-30-19-6-5-16(8-20(19)29-4)13-25-23-9-17-7-18(10-23)12-24(28,11-17)15-23/h5-6,8,17-18,25,28H,7,9-15H2,1-4H3,(H,26,27). The largest absolute Gasteiger partial charge is 0.493 e. The second-order valence-electron chi connectivity index (χ2n) is 10.9. The van der Waals surface area contributed by atoms with Gasteiger partial charge in [-0.3, -0.25) is 4.79 Å². The Balaban J connectivity index is 1.37. The molecule has 0 heterocycles. The predicted octanol–water partition coefficient (Wildman–Crippen LogP) is 3.16. The third-order valence-electron chi connectivity index (χ3n) is 6.80. The monoisotopic (exact) mass is 416 g/mol. The van der Waals surface area contributed by atoms with Gasteiger partial charge in [0.25, 0.3) is 5.91 Å². The van der Waals surface area contributed by atoms with Crippen LogP contribution in [0.4, 0.5) is 0 Å². The van der Waals surface area contributed by atoms with E-state index in [9.17, 15) is 9.90 Å². The minimum absolute atomic E-state index is 0.0459. The van der Waals surface area contributed by atoms with Crippen LogP contribution < -0.4 is 20.1 Å². The number of carbonyl (C=O) groups excluding carboxylic acids is 1. The quantitative estimate of drug-likeness (QED) is 0.636. The van der Waals surface area contributed by atoms with Crippen LogP contribution in [0.3, 0.4) is 0 Å². The number of aliphatic hydroxyl groups is 1. The Morgan fingerprint density at radius 3 is 2.47 bits per heavy atom. The molecular formula is C24H36N2O4. The van der Waals surface area contributed by atoms with E-state index in [0.29, 0.717) is 23.3 Å². The molecule has 0 spiro atoms. The Labute approximate surface area is 179 Å². The van der Waals surface area contributed by atoms with E-state index in [4.69, 9.17) is 9.47 Å². The molecule has 4 aliphatic rings. The fourth-order valence-corrected chi connectivity index (χ4v) is 6.25. The summed E-state index contributed by atoms with van der Waals surface area (Å²) in [6, 6.07) is 5.86. The molecule has 4 saturated carbocycles. The first-order valence-corrected chi connectivity index (χ1v) is 11.2. The zero-order chi connectivity index (χ0) is 21.6. The van der Waals surface area contributed by atoms with Crippen molar-refractivity contribution in [3.8, 4) is 11.5 Å². The molecule has 6 nitrogen and oxygen atoms in total. The van der Waals surface area contributed by atoms with Crippen molar-refractivity contribution in [1.82, 2.24) is 10.6 Å². The van der Waals surface area contributed by atoms with Gasteiger partial charge < -0.3 is 25.2 Å². The maximum absolute atomic E-state index is 12.0. The number of hydrogen-bond donors (Lipinski definition) is 3. The second-order valence-corrected chi connectivity index (χ2v) is 10.9. The molecule has 0 aromatic heterocycles. The van der Waals surface area contributed by atoms with Crippen LogP contribution in [0.2, 0.25) is 0 Å². The maximum Gasteiger partial charge on any atom is 0.258 e. The Morgan fingerprint density at radius 1 is 1.17 bits per heavy atom. The van der Waals surface area contributed by atoms with Gasteiger partial charge in [-0.2, -0.15) is 0 Å². The Hall–Kier alpha value is -1.79. The minimum Gasteiger partial charge on any atom is -0.493 e. The van der Waals surface area contributed by atoms with Crippen molar-refractivity contribution in [2.75, 3.05) is 13.7 Å². The summed E-state index contributed by atoms with van der Waals surface area (Å²) in [4.78, 5) is 12.0. The molecule has 2 unspecified atom stereocenters. The van der Waals surface area contributed by atoms with Gasteiger partial charge >= 0.3 is 0 Å². The van der Waals surface area contributed by atoms with Crippen LogP contribution in [-0.4, -0.2) is 41.4 Å². The molecular weight excluding hydrogens is 380 g/mol. The average molecular weight is 417 g/mol. The highest BCUT2D eigenvalue weighted by atomic mass is 16.5. The van der Waals surface area contributed by atoms with Gasteiger partial charge in [-0.15, -0.1) is 0 Å². The lowest BCUT2D eigenvalue weighted by Crippen LogP contribution is -2.64. The molecule has 30 heavy (non-hydrogen) atoms.